The van der Waals surface area contributed by atoms with Gasteiger partial charge in [-0.05, 0) is 12.5 Å². The molecule has 1 N–H and O–H groups in total. The van der Waals surface area contributed by atoms with Crippen molar-refractivity contribution in [2.75, 3.05) is 12.3 Å². The Hall–Kier alpha value is -0.470. The first-order valence-electron chi connectivity index (χ1n) is 5.91. The molecule has 0 aliphatic rings. The van der Waals surface area contributed by atoms with Gasteiger partial charge in [-0.3, -0.25) is 0 Å². The normalized spacial score (nSPS) is 13.8. The van der Waals surface area contributed by atoms with Gasteiger partial charge in [0.1, 0.15) is 0 Å². The Balaban J connectivity index is 2.24. The molecular formula is C14H23NS. The van der Waals surface area contributed by atoms with E-state index in [1.807, 2.05) is 11.8 Å². The van der Waals surface area contributed by atoms with Gasteiger partial charge in [0.05, 0.1) is 0 Å². The van der Waals surface area contributed by atoms with Crippen molar-refractivity contribution >= 4 is 11.8 Å². The third-order valence-corrected chi connectivity index (χ3v) is 3.66. The van der Waals surface area contributed by atoms with E-state index in [9.17, 15) is 0 Å². The SMILES string of the molecule is CC(NCCSC(C)(C)C)c1ccccc1. The van der Waals surface area contributed by atoms with Crippen LogP contribution in [0.3, 0.4) is 0 Å². The van der Waals surface area contributed by atoms with Crippen molar-refractivity contribution in [3.8, 4) is 0 Å². The molecule has 0 heterocycles. The fourth-order valence-corrected chi connectivity index (χ4v) is 2.32. The van der Waals surface area contributed by atoms with Gasteiger partial charge in [0.25, 0.3) is 0 Å². The van der Waals surface area contributed by atoms with E-state index in [0.717, 1.165) is 6.54 Å². The molecule has 1 aromatic rings. The second-order valence-corrected chi connectivity index (χ2v) is 6.97. The smallest absolute Gasteiger partial charge is 0.0292 e. The van der Waals surface area contributed by atoms with Crippen molar-refractivity contribution in [1.29, 1.82) is 0 Å². The first-order valence-corrected chi connectivity index (χ1v) is 6.90. The highest BCUT2D eigenvalue weighted by molar-refractivity contribution is 8.00. The minimum absolute atomic E-state index is 0.373. The molecule has 0 amide bonds. The fourth-order valence-electron chi connectivity index (χ4n) is 1.49. The molecule has 0 saturated carbocycles. The van der Waals surface area contributed by atoms with Crippen molar-refractivity contribution in [2.45, 2.75) is 38.5 Å². The molecule has 0 radical (unpaired) electrons. The van der Waals surface area contributed by atoms with Crippen LogP contribution in [0.15, 0.2) is 30.3 Å². The number of rotatable bonds is 5. The van der Waals surface area contributed by atoms with Gasteiger partial charge in [-0.15, -0.1) is 0 Å². The highest BCUT2D eigenvalue weighted by Gasteiger charge is 2.10. The Kier molecular flexibility index (Phi) is 5.36. The Labute approximate surface area is 104 Å². The molecule has 0 saturated heterocycles. The molecule has 16 heavy (non-hydrogen) atoms. The zero-order chi connectivity index (χ0) is 12.0. The molecule has 0 bridgehead atoms. The van der Waals surface area contributed by atoms with Gasteiger partial charge in [0, 0.05) is 23.1 Å². The Morgan fingerprint density at radius 2 is 1.81 bits per heavy atom. The summed E-state index contributed by atoms with van der Waals surface area (Å²) in [4.78, 5) is 0. The van der Waals surface area contributed by atoms with Crippen LogP contribution < -0.4 is 5.32 Å². The van der Waals surface area contributed by atoms with Gasteiger partial charge < -0.3 is 5.32 Å². The number of thioether (sulfide) groups is 1. The fraction of sp³-hybridized carbons (Fsp3) is 0.571. The van der Waals surface area contributed by atoms with Gasteiger partial charge in [-0.1, -0.05) is 51.1 Å². The molecule has 1 aromatic carbocycles. The number of benzene rings is 1. The molecule has 90 valence electrons. The third-order valence-electron chi connectivity index (χ3n) is 2.39. The zero-order valence-corrected chi connectivity index (χ0v) is 11.6. The molecule has 2 heteroatoms. The van der Waals surface area contributed by atoms with Gasteiger partial charge >= 0.3 is 0 Å². The Bertz CT molecular complexity index is 289. The molecule has 1 atom stereocenters. The van der Waals surface area contributed by atoms with Crippen LogP contribution in [0.2, 0.25) is 0 Å². The van der Waals surface area contributed by atoms with Gasteiger partial charge in [0.15, 0.2) is 0 Å². The van der Waals surface area contributed by atoms with Crippen molar-refractivity contribution < 1.29 is 0 Å². The predicted molar refractivity (Wildman–Crippen MR) is 75.1 cm³/mol. The van der Waals surface area contributed by atoms with Gasteiger partial charge in [-0.25, -0.2) is 0 Å². The maximum Gasteiger partial charge on any atom is 0.0292 e. The van der Waals surface area contributed by atoms with Crippen molar-refractivity contribution in [3.05, 3.63) is 35.9 Å². The summed E-state index contributed by atoms with van der Waals surface area (Å²) >= 11 is 2.01. The van der Waals surface area contributed by atoms with E-state index >= 15 is 0 Å². The summed E-state index contributed by atoms with van der Waals surface area (Å²) in [5, 5.41) is 3.55. The second kappa shape index (κ2) is 6.31. The summed E-state index contributed by atoms with van der Waals surface area (Å²) in [5.74, 6) is 1.17. The van der Waals surface area contributed by atoms with Crippen molar-refractivity contribution in [2.24, 2.45) is 0 Å². The van der Waals surface area contributed by atoms with Crippen LogP contribution in [0.25, 0.3) is 0 Å². The van der Waals surface area contributed by atoms with Crippen LogP contribution in [0, 0.1) is 0 Å². The second-order valence-electron chi connectivity index (χ2n) is 5.05. The summed E-state index contributed by atoms with van der Waals surface area (Å²) in [7, 11) is 0. The monoisotopic (exact) mass is 237 g/mol. The highest BCUT2D eigenvalue weighted by atomic mass is 32.2. The van der Waals surface area contributed by atoms with E-state index < -0.39 is 0 Å². The first-order chi connectivity index (χ1) is 7.49. The minimum Gasteiger partial charge on any atom is -0.309 e. The lowest BCUT2D eigenvalue weighted by Crippen LogP contribution is -2.23. The van der Waals surface area contributed by atoms with E-state index in [4.69, 9.17) is 0 Å². The lowest BCUT2D eigenvalue weighted by atomic mass is 10.1. The first kappa shape index (κ1) is 13.6. The molecular weight excluding hydrogens is 214 g/mol. The average molecular weight is 237 g/mol. The van der Waals surface area contributed by atoms with E-state index in [1.54, 1.807) is 0 Å². The third kappa shape index (κ3) is 5.57. The maximum atomic E-state index is 3.55. The molecule has 1 unspecified atom stereocenters. The molecule has 1 nitrogen and oxygen atoms in total. The summed E-state index contributed by atoms with van der Waals surface area (Å²) in [6.45, 7) is 10.1. The molecule has 0 fully saturated rings. The predicted octanol–water partition coefficient (Wildman–Crippen LogP) is 3.87. The molecule has 0 aromatic heterocycles. The largest absolute Gasteiger partial charge is 0.309 e. The standard InChI is InChI=1S/C14H23NS/c1-12(13-8-6-5-7-9-13)15-10-11-16-14(2,3)4/h5-9,12,15H,10-11H2,1-4H3. The lowest BCUT2D eigenvalue weighted by Gasteiger charge is -2.19. The summed E-state index contributed by atoms with van der Waals surface area (Å²) in [6, 6.07) is 11.0. The topological polar surface area (TPSA) is 12.0 Å². The van der Waals surface area contributed by atoms with Gasteiger partial charge in [0.2, 0.25) is 0 Å². The van der Waals surface area contributed by atoms with Gasteiger partial charge in [-0.2, -0.15) is 11.8 Å². The van der Waals surface area contributed by atoms with Crippen molar-refractivity contribution in [1.82, 2.24) is 5.32 Å². The highest BCUT2D eigenvalue weighted by Crippen LogP contribution is 2.22. The molecule has 0 aliphatic carbocycles. The van der Waals surface area contributed by atoms with Crippen LogP contribution in [0.5, 0.6) is 0 Å². The molecule has 0 spiro atoms. The average Bonchev–Trinajstić information content (AvgIpc) is 2.24. The lowest BCUT2D eigenvalue weighted by molar-refractivity contribution is 0.600. The zero-order valence-electron chi connectivity index (χ0n) is 10.8. The quantitative estimate of drug-likeness (QED) is 0.780. The number of hydrogen-bond donors (Lipinski definition) is 1. The summed E-state index contributed by atoms with van der Waals surface area (Å²) in [6.07, 6.45) is 0. The van der Waals surface area contributed by atoms with Crippen molar-refractivity contribution in [3.63, 3.8) is 0 Å². The number of hydrogen-bond acceptors (Lipinski definition) is 2. The Morgan fingerprint density at radius 3 is 2.38 bits per heavy atom. The van der Waals surface area contributed by atoms with Crippen LogP contribution >= 0.6 is 11.8 Å². The maximum absolute atomic E-state index is 3.55. The Morgan fingerprint density at radius 1 is 1.19 bits per heavy atom. The van der Waals surface area contributed by atoms with Crippen LogP contribution in [-0.4, -0.2) is 17.0 Å². The summed E-state index contributed by atoms with van der Waals surface area (Å²) in [5.41, 5.74) is 1.36. The van der Waals surface area contributed by atoms with E-state index in [2.05, 4.69) is 63.3 Å². The van der Waals surface area contributed by atoms with Crippen LogP contribution in [0.4, 0.5) is 0 Å². The number of nitrogens with one attached hydrogen (secondary N) is 1. The molecule has 0 aliphatic heterocycles. The van der Waals surface area contributed by atoms with E-state index in [-0.39, 0.29) is 0 Å². The van der Waals surface area contributed by atoms with Crippen LogP contribution in [0.1, 0.15) is 39.3 Å². The van der Waals surface area contributed by atoms with Crippen LogP contribution in [-0.2, 0) is 0 Å². The van der Waals surface area contributed by atoms with E-state index in [0.29, 0.717) is 10.8 Å². The summed E-state index contributed by atoms with van der Waals surface area (Å²) < 4.78 is 0.373. The van der Waals surface area contributed by atoms with E-state index in [1.165, 1.54) is 11.3 Å². The molecule has 1 rings (SSSR count). The minimum atomic E-state index is 0.373.